The molecule has 0 spiro atoms. The average molecular weight is 178 g/mol. The number of allylic oxidation sites excluding steroid dienone is 3. The second-order valence-electron chi connectivity index (χ2n) is 3.77. The largest absolute Gasteiger partial charge is 0.300 e. The Morgan fingerprint density at radius 1 is 1.46 bits per heavy atom. The zero-order valence-corrected chi connectivity index (χ0v) is 8.33. The van der Waals surface area contributed by atoms with Gasteiger partial charge in [-0.1, -0.05) is 25.2 Å². The molecule has 0 aromatic carbocycles. The fourth-order valence-electron chi connectivity index (χ4n) is 1.88. The minimum atomic E-state index is 0.391. The van der Waals surface area contributed by atoms with Crippen molar-refractivity contribution in [1.82, 2.24) is 0 Å². The number of hydrogen-bond donors (Lipinski definition) is 0. The van der Waals surface area contributed by atoms with Crippen LogP contribution in [0.4, 0.5) is 0 Å². The summed E-state index contributed by atoms with van der Waals surface area (Å²) in [5.74, 6) is 1.26. The molecular weight excluding hydrogens is 160 g/mol. The van der Waals surface area contributed by atoms with Crippen LogP contribution in [0, 0.1) is 11.8 Å². The number of ketones is 1. The molecule has 0 aliphatic heterocycles. The molecule has 13 heavy (non-hydrogen) atoms. The van der Waals surface area contributed by atoms with Gasteiger partial charge in [-0.15, -0.1) is 6.58 Å². The van der Waals surface area contributed by atoms with Crippen LogP contribution in [0.15, 0.2) is 24.8 Å². The van der Waals surface area contributed by atoms with E-state index in [9.17, 15) is 4.79 Å². The van der Waals surface area contributed by atoms with Gasteiger partial charge in [0.25, 0.3) is 0 Å². The zero-order chi connectivity index (χ0) is 9.68. The number of hydrogen-bond acceptors (Lipinski definition) is 1. The minimum absolute atomic E-state index is 0.391. The smallest absolute Gasteiger partial charge is 0.134 e. The molecule has 1 fully saturated rings. The van der Waals surface area contributed by atoms with Gasteiger partial charge in [-0.25, -0.2) is 0 Å². The molecule has 0 aromatic rings. The Kier molecular flexibility index (Phi) is 3.94. The van der Waals surface area contributed by atoms with E-state index in [-0.39, 0.29) is 0 Å². The molecule has 1 rings (SSSR count). The summed E-state index contributed by atoms with van der Waals surface area (Å²) in [6.45, 7) is 5.87. The maximum Gasteiger partial charge on any atom is 0.134 e. The molecule has 1 aliphatic carbocycles. The maximum atomic E-state index is 11.3. The first-order valence-corrected chi connectivity index (χ1v) is 5.07. The molecule has 0 radical (unpaired) electrons. The first-order chi connectivity index (χ1) is 6.26. The van der Waals surface area contributed by atoms with Crippen LogP contribution in [0.1, 0.15) is 32.6 Å². The van der Waals surface area contributed by atoms with Gasteiger partial charge in [-0.2, -0.15) is 0 Å². The third-order valence-corrected chi connectivity index (χ3v) is 2.56. The lowest BCUT2D eigenvalue weighted by atomic mass is 9.80. The van der Waals surface area contributed by atoms with Gasteiger partial charge in [0.15, 0.2) is 0 Å². The van der Waals surface area contributed by atoms with Crippen molar-refractivity contribution in [2.24, 2.45) is 11.8 Å². The summed E-state index contributed by atoms with van der Waals surface area (Å²) in [6, 6.07) is 0. The monoisotopic (exact) mass is 178 g/mol. The number of Topliss-reactive ketones (excluding diaryl/α,β-unsaturated/α-hetero) is 1. The van der Waals surface area contributed by atoms with Crippen molar-refractivity contribution in [3.05, 3.63) is 24.8 Å². The van der Waals surface area contributed by atoms with Gasteiger partial charge >= 0.3 is 0 Å². The van der Waals surface area contributed by atoms with Gasteiger partial charge in [0.2, 0.25) is 0 Å². The standard InChI is InChI=1S/C12H18O/c1-3-5-6-11-7-10(4-2)8-12(13)9-11/h4-6,10-11H,2-3,7-9H2,1H3/b6-5+. The van der Waals surface area contributed by atoms with E-state index < -0.39 is 0 Å². The Bertz CT molecular complexity index is 215. The van der Waals surface area contributed by atoms with E-state index in [0.717, 1.165) is 19.3 Å². The van der Waals surface area contributed by atoms with Crippen molar-refractivity contribution in [3.8, 4) is 0 Å². The summed E-state index contributed by atoms with van der Waals surface area (Å²) < 4.78 is 0. The molecule has 0 amide bonds. The molecular formula is C12H18O. The van der Waals surface area contributed by atoms with E-state index in [1.165, 1.54) is 0 Å². The van der Waals surface area contributed by atoms with Gasteiger partial charge in [-0.3, -0.25) is 4.79 Å². The van der Waals surface area contributed by atoms with E-state index >= 15 is 0 Å². The van der Waals surface area contributed by atoms with Crippen molar-refractivity contribution in [3.63, 3.8) is 0 Å². The summed E-state index contributed by atoms with van der Waals surface area (Å²) in [7, 11) is 0. The topological polar surface area (TPSA) is 17.1 Å². The van der Waals surface area contributed by atoms with Gasteiger partial charge < -0.3 is 0 Å². The normalized spacial score (nSPS) is 29.5. The van der Waals surface area contributed by atoms with E-state index in [0.29, 0.717) is 24.0 Å². The van der Waals surface area contributed by atoms with Crippen molar-refractivity contribution >= 4 is 5.78 Å². The molecule has 1 saturated carbocycles. The van der Waals surface area contributed by atoms with Crippen LogP contribution < -0.4 is 0 Å². The summed E-state index contributed by atoms with van der Waals surface area (Å²) in [5.41, 5.74) is 0. The predicted molar refractivity (Wildman–Crippen MR) is 55.5 cm³/mol. The molecule has 0 N–H and O–H groups in total. The SMILES string of the molecule is C=CC1CC(=O)CC(/C=C/CC)C1. The third-order valence-electron chi connectivity index (χ3n) is 2.56. The fraction of sp³-hybridized carbons (Fsp3) is 0.583. The van der Waals surface area contributed by atoms with Crippen LogP contribution in [0.3, 0.4) is 0 Å². The van der Waals surface area contributed by atoms with E-state index in [1.807, 2.05) is 6.08 Å². The van der Waals surface area contributed by atoms with Crippen LogP contribution >= 0.6 is 0 Å². The highest BCUT2D eigenvalue weighted by molar-refractivity contribution is 5.80. The second kappa shape index (κ2) is 5.00. The number of carbonyl (C=O) groups is 1. The molecule has 0 bridgehead atoms. The molecule has 2 unspecified atom stereocenters. The Morgan fingerprint density at radius 2 is 2.15 bits per heavy atom. The Balaban J connectivity index is 2.51. The molecule has 1 heteroatoms. The number of rotatable bonds is 3. The third kappa shape index (κ3) is 3.17. The zero-order valence-electron chi connectivity index (χ0n) is 8.33. The lowest BCUT2D eigenvalue weighted by Crippen LogP contribution is -2.20. The van der Waals surface area contributed by atoms with E-state index in [4.69, 9.17) is 0 Å². The average Bonchev–Trinajstić information content (AvgIpc) is 2.14. The first kappa shape index (κ1) is 10.2. The molecule has 1 aliphatic rings. The summed E-state index contributed by atoms with van der Waals surface area (Å²) >= 11 is 0. The van der Waals surface area contributed by atoms with E-state index in [2.05, 4.69) is 25.7 Å². The van der Waals surface area contributed by atoms with Crippen molar-refractivity contribution in [1.29, 1.82) is 0 Å². The van der Waals surface area contributed by atoms with Crippen molar-refractivity contribution in [2.45, 2.75) is 32.6 Å². The Labute approximate surface area is 80.5 Å². The van der Waals surface area contributed by atoms with Gasteiger partial charge in [0.05, 0.1) is 0 Å². The lowest BCUT2D eigenvalue weighted by molar-refractivity contribution is -0.121. The molecule has 0 aromatic heterocycles. The summed E-state index contributed by atoms with van der Waals surface area (Å²) in [4.78, 5) is 11.3. The quantitative estimate of drug-likeness (QED) is 0.607. The first-order valence-electron chi connectivity index (χ1n) is 5.07. The molecule has 0 saturated heterocycles. The van der Waals surface area contributed by atoms with Crippen LogP contribution in [0.25, 0.3) is 0 Å². The number of carbonyl (C=O) groups excluding carboxylic acids is 1. The van der Waals surface area contributed by atoms with E-state index in [1.54, 1.807) is 0 Å². The Morgan fingerprint density at radius 3 is 2.77 bits per heavy atom. The Hall–Kier alpha value is -0.850. The van der Waals surface area contributed by atoms with Crippen LogP contribution in [0.2, 0.25) is 0 Å². The van der Waals surface area contributed by atoms with Crippen molar-refractivity contribution in [2.75, 3.05) is 0 Å². The summed E-state index contributed by atoms with van der Waals surface area (Å²) in [6.07, 6.45) is 9.87. The predicted octanol–water partition coefficient (Wildman–Crippen LogP) is 3.12. The van der Waals surface area contributed by atoms with Gasteiger partial charge in [0, 0.05) is 12.8 Å². The fourth-order valence-corrected chi connectivity index (χ4v) is 1.88. The molecule has 2 atom stereocenters. The highest BCUT2D eigenvalue weighted by Gasteiger charge is 2.23. The van der Waals surface area contributed by atoms with Crippen LogP contribution in [-0.2, 0) is 4.79 Å². The van der Waals surface area contributed by atoms with Gasteiger partial charge in [0.1, 0.15) is 5.78 Å². The molecule has 0 heterocycles. The van der Waals surface area contributed by atoms with Crippen molar-refractivity contribution < 1.29 is 4.79 Å². The van der Waals surface area contributed by atoms with Crippen LogP contribution in [-0.4, -0.2) is 5.78 Å². The summed E-state index contributed by atoms with van der Waals surface area (Å²) in [5, 5.41) is 0. The van der Waals surface area contributed by atoms with Gasteiger partial charge in [-0.05, 0) is 24.7 Å². The van der Waals surface area contributed by atoms with Crippen LogP contribution in [0.5, 0.6) is 0 Å². The lowest BCUT2D eigenvalue weighted by Gasteiger charge is -2.23. The minimum Gasteiger partial charge on any atom is -0.300 e. The molecule has 72 valence electrons. The maximum absolute atomic E-state index is 11.3. The molecule has 1 nitrogen and oxygen atoms in total. The highest BCUT2D eigenvalue weighted by atomic mass is 16.1. The second-order valence-corrected chi connectivity index (χ2v) is 3.77. The highest BCUT2D eigenvalue weighted by Crippen LogP contribution is 2.28.